The van der Waals surface area contributed by atoms with Crippen LogP contribution in [-0.2, 0) is 6.54 Å². The third-order valence-corrected chi connectivity index (χ3v) is 5.06. The Bertz CT molecular complexity index is 587. The number of hydrogen-bond donors (Lipinski definition) is 1. The van der Waals surface area contributed by atoms with Crippen LogP contribution in [-0.4, -0.2) is 20.4 Å². The quantitative estimate of drug-likeness (QED) is 0.849. The minimum Gasteiger partial charge on any atom is -0.308 e. The van der Waals surface area contributed by atoms with Gasteiger partial charge in [0.15, 0.2) is 5.65 Å². The first-order chi connectivity index (χ1) is 10.2. The fourth-order valence-electron chi connectivity index (χ4n) is 3.29. The van der Waals surface area contributed by atoms with Gasteiger partial charge in [0, 0.05) is 18.8 Å². The predicted octanol–water partition coefficient (Wildman–Crippen LogP) is 3.94. The molecule has 1 N–H and O–H groups in total. The monoisotopic (exact) mass is 350 g/mol. The van der Waals surface area contributed by atoms with E-state index in [1.165, 1.54) is 44.2 Å². The van der Waals surface area contributed by atoms with Gasteiger partial charge in [-0.05, 0) is 41.6 Å². The number of hydrogen-bond acceptors (Lipinski definition) is 3. The number of nitrogens with one attached hydrogen (secondary N) is 1. The summed E-state index contributed by atoms with van der Waals surface area (Å²) >= 11 is 3.42. The number of fused-ring (bicyclic) bond motifs is 1. The molecule has 0 aliphatic heterocycles. The predicted molar refractivity (Wildman–Crippen MR) is 88.2 cm³/mol. The summed E-state index contributed by atoms with van der Waals surface area (Å²) in [6, 6.07) is 0.568. The van der Waals surface area contributed by atoms with Gasteiger partial charge >= 0.3 is 0 Å². The maximum atomic E-state index is 4.40. The van der Waals surface area contributed by atoms with Crippen LogP contribution in [0.3, 0.4) is 0 Å². The van der Waals surface area contributed by atoms with Crippen LogP contribution in [0.2, 0.25) is 0 Å². The smallest absolute Gasteiger partial charge is 0.155 e. The highest BCUT2D eigenvalue weighted by Gasteiger charge is 2.18. The average molecular weight is 351 g/mol. The Morgan fingerprint density at radius 2 is 2.00 bits per heavy atom. The molecule has 2 aromatic heterocycles. The second-order valence-corrected chi connectivity index (χ2v) is 6.92. The third kappa shape index (κ3) is 3.64. The summed E-state index contributed by atoms with van der Waals surface area (Å²) in [5.74, 6) is 0.820. The van der Waals surface area contributed by atoms with Crippen molar-refractivity contribution in [3.63, 3.8) is 0 Å². The van der Waals surface area contributed by atoms with Crippen LogP contribution < -0.4 is 5.32 Å². The van der Waals surface area contributed by atoms with E-state index in [0.29, 0.717) is 6.04 Å². The minimum atomic E-state index is 0.568. The van der Waals surface area contributed by atoms with E-state index in [0.717, 1.165) is 22.7 Å². The molecule has 0 amide bonds. The minimum absolute atomic E-state index is 0.568. The molecule has 0 saturated heterocycles. The fraction of sp³-hybridized carbons (Fsp3) is 0.625. The molecular weight excluding hydrogens is 328 g/mol. The van der Waals surface area contributed by atoms with E-state index < -0.39 is 0 Å². The Labute approximate surface area is 134 Å². The van der Waals surface area contributed by atoms with Crippen molar-refractivity contribution in [3.05, 3.63) is 28.9 Å². The summed E-state index contributed by atoms with van der Waals surface area (Å²) < 4.78 is 2.94. The summed E-state index contributed by atoms with van der Waals surface area (Å²) in [7, 11) is 0. The van der Waals surface area contributed by atoms with Gasteiger partial charge in [0.25, 0.3) is 0 Å². The van der Waals surface area contributed by atoms with Crippen molar-refractivity contribution < 1.29 is 0 Å². The van der Waals surface area contributed by atoms with Gasteiger partial charge in [0.1, 0.15) is 4.60 Å². The van der Waals surface area contributed by atoms with Crippen molar-refractivity contribution in [3.8, 4) is 0 Å². The third-order valence-electron chi connectivity index (χ3n) is 4.65. The largest absolute Gasteiger partial charge is 0.308 e. The molecule has 5 heteroatoms. The van der Waals surface area contributed by atoms with Gasteiger partial charge in [-0.25, -0.2) is 9.97 Å². The average Bonchev–Trinajstić information content (AvgIpc) is 2.71. The van der Waals surface area contributed by atoms with Gasteiger partial charge in [-0.15, -0.1) is 0 Å². The molecule has 2 aromatic rings. The summed E-state index contributed by atoms with van der Waals surface area (Å²) in [4.78, 5) is 8.62. The van der Waals surface area contributed by atoms with E-state index in [4.69, 9.17) is 0 Å². The van der Waals surface area contributed by atoms with Gasteiger partial charge in [0.05, 0.1) is 18.1 Å². The standard InChI is InChI=1S/C16H23BrN4/c1-12(13-6-4-2-3-5-7-13)18-8-14-9-20-16-10-19-15(17)11-21(14)16/h9-13,18H,2-8H2,1H3/t12-/m1/s1. The van der Waals surface area contributed by atoms with Gasteiger partial charge in [-0.2, -0.15) is 0 Å². The Hall–Kier alpha value is -0.940. The number of rotatable bonds is 4. The fourth-order valence-corrected chi connectivity index (χ4v) is 3.60. The van der Waals surface area contributed by atoms with Crippen LogP contribution in [0.15, 0.2) is 23.2 Å². The summed E-state index contributed by atoms with van der Waals surface area (Å²) in [6.45, 7) is 3.19. The molecule has 1 aliphatic carbocycles. The zero-order valence-corrected chi connectivity index (χ0v) is 14.1. The van der Waals surface area contributed by atoms with Crippen molar-refractivity contribution >= 4 is 21.6 Å². The first-order valence-electron chi connectivity index (χ1n) is 7.95. The molecule has 1 aliphatic rings. The highest BCUT2D eigenvalue weighted by atomic mass is 79.9. The summed E-state index contributed by atoms with van der Waals surface area (Å²) in [5.41, 5.74) is 2.09. The Morgan fingerprint density at radius 3 is 2.76 bits per heavy atom. The molecular formula is C16H23BrN4. The van der Waals surface area contributed by atoms with E-state index in [-0.39, 0.29) is 0 Å². The Balaban J connectivity index is 1.64. The summed E-state index contributed by atoms with van der Waals surface area (Å²) in [6.07, 6.45) is 14.1. The van der Waals surface area contributed by atoms with Crippen molar-refractivity contribution in [2.75, 3.05) is 0 Å². The lowest BCUT2D eigenvalue weighted by atomic mass is 9.93. The van der Waals surface area contributed by atoms with Crippen LogP contribution in [0.5, 0.6) is 0 Å². The first kappa shape index (κ1) is 15.0. The Kier molecular flexibility index (Phi) is 4.91. The van der Waals surface area contributed by atoms with Gasteiger partial charge < -0.3 is 5.32 Å². The molecule has 114 valence electrons. The van der Waals surface area contributed by atoms with E-state index in [2.05, 4.69) is 42.5 Å². The van der Waals surface area contributed by atoms with Crippen molar-refractivity contribution in [2.24, 2.45) is 5.92 Å². The number of halogens is 1. The molecule has 0 radical (unpaired) electrons. The van der Waals surface area contributed by atoms with Gasteiger partial charge in [0.2, 0.25) is 0 Å². The van der Waals surface area contributed by atoms with E-state index in [1.807, 2.05) is 12.4 Å². The van der Waals surface area contributed by atoms with E-state index in [1.54, 1.807) is 6.20 Å². The van der Waals surface area contributed by atoms with Crippen molar-refractivity contribution in [2.45, 2.75) is 58.0 Å². The number of aromatic nitrogens is 3. The lowest BCUT2D eigenvalue weighted by Gasteiger charge is -2.23. The molecule has 3 rings (SSSR count). The molecule has 1 saturated carbocycles. The second kappa shape index (κ2) is 6.88. The highest BCUT2D eigenvalue weighted by Crippen LogP contribution is 2.25. The molecule has 0 aromatic carbocycles. The van der Waals surface area contributed by atoms with Crippen molar-refractivity contribution in [1.82, 2.24) is 19.7 Å². The molecule has 2 heterocycles. The lowest BCUT2D eigenvalue weighted by Crippen LogP contribution is -2.33. The molecule has 0 unspecified atom stereocenters. The second-order valence-electron chi connectivity index (χ2n) is 6.11. The topological polar surface area (TPSA) is 42.2 Å². The van der Waals surface area contributed by atoms with Crippen molar-refractivity contribution in [1.29, 1.82) is 0 Å². The maximum absolute atomic E-state index is 4.40. The molecule has 0 spiro atoms. The van der Waals surface area contributed by atoms with Crippen LogP contribution in [0.4, 0.5) is 0 Å². The maximum Gasteiger partial charge on any atom is 0.155 e. The SMILES string of the molecule is C[C@@H](NCc1cnc2cnc(Br)cn12)C1CCCCCC1. The lowest BCUT2D eigenvalue weighted by molar-refractivity contribution is 0.335. The molecule has 4 nitrogen and oxygen atoms in total. The van der Waals surface area contributed by atoms with E-state index >= 15 is 0 Å². The Morgan fingerprint density at radius 1 is 1.24 bits per heavy atom. The van der Waals surface area contributed by atoms with Crippen LogP contribution in [0, 0.1) is 5.92 Å². The van der Waals surface area contributed by atoms with Crippen LogP contribution in [0.1, 0.15) is 51.1 Å². The molecule has 1 atom stereocenters. The highest BCUT2D eigenvalue weighted by molar-refractivity contribution is 9.10. The van der Waals surface area contributed by atoms with Gasteiger partial charge in [-0.1, -0.05) is 25.7 Å². The zero-order chi connectivity index (χ0) is 14.7. The summed E-state index contributed by atoms with van der Waals surface area (Å²) in [5, 5.41) is 3.70. The molecule has 0 bridgehead atoms. The van der Waals surface area contributed by atoms with Crippen LogP contribution >= 0.6 is 15.9 Å². The van der Waals surface area contributed by atoms with Crippen LogP contribution in [0.25, 0.3) is 5.65 Å². The number of imidazole rings is 1. The molecule has 1 fully saturated rings. The zero-order valence-electron chi connectivity index (χ0n) is 12.6. The van der Waals surface area contributed by atoms with E-state index in [9.17, 15) is 0 Å². The normalized spacial score (nSPS) is 18.8. The first-order valence-corrected chi connectivity index (χ1v) is 8.74. The molecule has 21 heavy (non-hydrogen) atoms. The van der Waals surface area contributed by atoms with Gasteiger partial charge in [-0.3, -0.25) is 4.40 Å². The number of nitrogens with zero attached hydrogens (tertiary/aromatic N) is 3.